The number of hydrogen-bond acceptors (Lipinski definition) is 4. The number of β-amino-alcohol motifs (C(OH)–C–C–N with tert-alkyl or cyclic N) is 1. The Morgan fingerprint density at radius 1 is 1.45 bits per heavy atom. The molecular formula is C15H22FNO4S. The van der Waals surface area contributed by atoms with E-state index in [1.807, 2.05) is 13.8 Å². The molecule has 0 bridgehead atoms. The molecule has 2 rings (SSSR count). The predicted octanol–water partition coefficient (Wildman–Crippen LogP) is 1.69. The molecule has 124 valence electrons. The van der Waals surface area contributed by atoms with Crippen LogP contribution in [0.1, 0.15) is 31.9 Å². The van der Waals surface area contributed by atoms with Crippen molar-refractivity contribution in [3.63, 3.8) is 0 Å². The highest BCUT2D eigenvalue weighted by atomic mass is 32.2. The van der Waals surface area contributed by atoms with Crippen LogP contribution >= 0.6 is 0 Å². The summed E-state index contributed by atoms with van der Waals surface area (Å²) in [6.07, 6.45) is -0.513. The van der Waals surface area contributed by atoms with Gasteiger partial charge >= 0.3 is 0 Å². The number of benzene rings is 1. The van der Waals surface area contributed by atoms with Crippen LogP contribution in [-0.2, 0) is 14.8 Å². The van der Waals surface area contributed by atoms with E-state index in [0.717, 1.165) is 0 Å². The summed E-state index contributed by atoms with van der Waals surface area (Å²) in [5.41, 5.74) is 0.560. The Bertz CT molecular complexity index is 605. The first-order valence-corrected chi connectivity index (χ1v) is 8.95. The minimum absolute atomic E-state index is 0.0329. The van der Waals surface area contributed by atoms with Gasteiger partial charge in [-0.2, -0.15) is 4.31 Å². The smallest absolute Gasteiger partial charge is 0.217 e. The van der Waals surface area contributed by atoms with E-state index in [1.54, 1.807) is 12.1 Å². The molecule has 2 atom stereocenters. The number of nitrogens with zero attached hydrogens (tertiary/aromatic N) is 1. The lowest BCUT2D eigenvalue weighted by Crippen LogP contribution is -2.35. The predicted molar refractivity (Wildman–Crippen MR) is 81.3 cm³/mol. The van der Waals surface area contributed by atoms with E-state index in [2.05, 4.69) is 0 Å². The second kappa shape index (κ2) is 7.04. The maximum Gasteiger partial charge on any atom is 0.217 e. The molecular weight excluding hydrogens is 309 g/mol. The Kier molecular flexibility index (Phi) is 5.55. The molecule has 1 heterocycles. The molecule has 0 unspecified atom stereocenters. The number of halogens is 1. The number of aliphatic hydroxyl groups is 1. The van der Waals surface area contributed by atoms with Crippen molar-refractivity contribution >= 4 is 10.0 Å². The quantitative estimate of drug-likeness (QED) is 0.861. The first-order valence-electron chi connectivity index (χ1n) is 7.34. The standard InChI is InChI=1S/C15H22FNO4S/c1-11(2)21-6-7-22(19,20)17-10-14(18)9-15(17)12-4-3-5-13(16)8-12/h3-5,8,11,14-15,18H,6-7,9-10H2,1-2H3/t14-,15+/m1/s1. The summed E-state index contributed by atoms with van der Waals surface area (Å²) in [4.78, 5) is 0. The molecule has 0 amide bonds. The summed E-state index contributed by atoms with van der Waals surface area (Å²) in [5.74, 6) is -0.566. The fraction of sp³-hybridized carbons (Fsp3) is 0.600. The second-order valence-electron chi connectivity index (χ2n) is 5.77. The molecule has 0 saturated carbocycles. The van der Waals surface area contributed by atoms with Gasteiger partial charge in [0.25, 0.3) is 0 Å². The highest BCUT2D eigenvalue weighted by molar-refractivity contribution is 7.89. The Morgan fingerprint density at radius 3 is 2.82 bits per heavy atom. The van der Waals surface area contributed by atoms with Gasteiger partial charge in [-0.25, -0.2) is 12.8 Å². The van der Waals surface area contributed by atoms with Gasteiger partial charge in [0.05, 0.1) is 30.6 Å². The molecule has 1 aliphatic rings. The molecule has 1 aliphatic heterocycles. The Balaban J connectivity index is 2.16. The van der Waals surface area contributed by atoms with Gasteiger partial charge in [-0.05, 0) is 38.0 Å². The average molecular weight is 331 g/mol. The van der Waals surface area contributed by atoms with E-state index in [-0.39, 0.29) is 31.4 Å². The van der Waals surface area contributed by atoms with Gasteiger partial charge in [-0.15, -0.1) is 0 Å². The normalized spacial score (nSPS) is 23.3. The zero-order chi connectivity index (χ0) is 16.3. The van der Waals surface area contributed by atoms with Crippen LogP contribution in [0.3, 0.4) is 0 Å². The monoisotopic (exact) mass is 331 g/mol. The van der Waals surface area contributed by atoms with Gasteiger partial charge in [0, 0.05) is 6.54 Å². The Morgan fingerprint density at radius 2 is 2.18 bits per heavy atom. The van der Waals surface area contributed by atoms with Gasteiger partial charge in [0.15, 0.2) is 0 Å². The summed E-state index contributed by atoms with van der Waals surface area (Å²) < 4.78 is 44.9. The van der Waals surface area contributed by atoms with Gasteiger partial charge in [-0.1, -0.05) is 12.1 Å². The molecule has 7 heteroatoms. The molecule has 0 aromatic heterocycles. The van der Waals surface area contributed by atoms with Crippen LogP contribution in [-0.4, -0.2) is 48.9 Å². The van der Waals surface area contributed by atoms with Crippen LogP contribution in [0.4, 0.5) is 4.39 Å². The van der Waals surface area contributed by atoms with E-state index >= 15 is 0 Å². The third kappa shape index (κ3) is 4.25. The second-order valence-corrected chi connectivity index (χ2v) is 7.81. The molecule has 0 spiro atoms. The highest BCUT2D eigenvalue weighted by Gasteiger charge is 2.39. The first-order chi connectivity index (χ1) is 10.3. The van der Waals surface area contributed by atoms with Gasteiger partial charge in [-0.3, -0.25) is 0 Å². The van der Waals surface area contributed by atoms with Crippen LogP contribution in [0.2, 0.25) is 0 Å². The summed E-state index contributed by atoms with van der Waals surface area (Å²) in [6.45, 7) is 3.80. The maximum absolute atomic E-state index is 13.4. The summed E-state index contributed by atoms with van der Waals surface area (Å²) >= 11 is 0. The van der Waals surface area contributed by atoms with Crippen molar-refractivity contribution in [2.45, 2.75) is 38.5 Å². The lowest BCUT2D eigenvalue weighted by molar-refractivity contribution is 0.0905. The Hall–Kier alpha value is -1.02. The number of rotatable bonds is 6. The van der Waals surface area contributed by atoms with Crippen molar-refractivity contribution in [1.82, 2.24) is 4.31 Å². The minimum atomic E-state index is -3.57. The lowest BCUT2D eigenvalue weighted by atomic mass is 10.0. The van der Waals surface area contributed by atoms with Crippen molar-refractivity contribution < 1.29 is 22.7 Å². The Labute approximate surface area is 130 Å². The van der Waals surface area contributed by atoms with Crippen LogP contribution in [0.25, 0.3) is 0 Å². The van der Waals surface area contributed by atoms with Crippen LogP contribution in [0.15, 0.2) is 24.3 Å². The van der Waals surface area contributed by atoms with E-state index in [9.17, 15) is 17.9 Å². The van der Waals surface area contributed by atoms with Crippen LogP contribution < -0.4 is 0 Å². The average Bonchev–Trinajstić information content (AvgIpc) is 2.81. The van der Waals surface area contributed by atoms with E-state index < -0.39 is 28.0 Å². The molecule has 0 aliphatic carbocycles. The fourth-order valence-corrected chi connectivity index (χ4v) is 4.15. The first kappa shape index (κ1) is 17.3. The third-order valence-electron chi connectivity index (χ3n) is 3.62. The van der Waals surface area contributed by atoms with Gasteiger partial charge in [0.2, 0.25) is 10.0 Å². The van der Waals surface area contributed by atoms with Gasteiger partial charge < -0.3 is 9.84 Å². The molecule has 0 radical (unpaired) electrons. The molecule has 1 saturated heterocycles. The minimum Gasteiger partial charge on any atom is -0.392 e. The van der Waals surface area contributed by atoms with Crippen LogP contribution in [0.5, 0.6) is 0 Å². The molecule has 1 N–H and O–H groups in total. The van der Waals surface area contributed by atoms with E-state index in [4.69, 9.17) is 4.74 Å². The van der Waals surface area contributed by atoms with Crippen molar-refractivity contribution in [2.24, 2.45) is 0 Å². The third-order valence-corrected chi connectivity index (χ3v) is 5.42. The SMILES string of the molecule is CC(C)OCCS(=O)(=O)N1C[C@H](O)C[C@H]1c1cccc(F)c1. The van der Waals surface area contributed by atoms with E-state index in [1.165, 1.54) is 16.4 Å². The summed E-state index contributed by atoms with van der Waals surface area (Å²) in [7, 11) is -3.57. The van der Waals surface area contributed by atoms with E-state index in [0.29, 0.717) is 5.56 Å². The maximum atomic E-state index is 13.4. The fourth-order valence-electron chi connectivity index (χ4n) is 2.61. The molecule has 1 aromatic rings. The summed E-state index contributed by atoms with van der Waals surface area (Å²) in [5, 5.41) is 9.85. The highest BCUT2D eigenvalue weighted by Crippen LogP contribution is 2.34. The van der Waals surface area contributed by atoms with Crippen molar-refractivity contribution in [1.29, 1.82) is 0 Å². The molecule has 22 heavy (non-hydrogen) atoms. The van der Waals surface area contributed by atoms with Crippen molar-refractivity contribution in [2.75, 3.05) is 18.9 Å². The zero-order valence-electron chi connectivity index (χ0n) is 12.8. The molecule has 1 fully saturated rings. The van der Waals surface area contributed by atoms with Gasteiger partial charge in [0.1, 0.15) is 5.82 Å². The topological polar surface area (TPSA) is 66.8 Å². The zero-order valence-corrected chi connectivity index (χ0v) is 13.6. The van der Waals surface area contributed by atoms with Crippen LogP contribution in [0, 0.1) is 5.82 Å². The lowest BCUT2D eigenvalue weighted by Gasteiger charge is -2.24. The number of hydrogen-bond donors (Lipinski definition) is 1. The number of sulfonamides is 1. The van der Waals surface area contributed by atoms with Crippen molar-refractivity contribution in [3.8, 4) is 0 Å². The largest absolute Gasteiger partial charge is 0.392 e. The number of ether oxygens (including phenoxy) is 1. The van der Waals surface area contributed by atoms with Crippen molar-refractivity contribution in [3.05, 3.63) is 35.6 Å². The summed E-state index contributed by atoms with van der Waals surface area (Å²) in [6, 6.07) is 5.32. The molecule has 1 aromatic carbocycles. The molecule has 5 nitrogen and oxygen atoms in total. The number of aliphatic hydroxyl groups excluding tert-OH is 1.